The molecule has 0 saturated carbocycles. The quantitative estimate of drug-likeness (QED) is 0.527. The minimum atomic E-state index is -0.176. The van der Waals surface area contributed by atoms with Gasteiger partial charge in [-0.2, -0.15) is 0 Å². The monoisotopic (exact) mass is 102 g/mol. The van der Waals surface area contributed by atoms with Gasteiger partial charge < -0.3 is 10.5 Å². The summed E-state index contributed by atoms with van der Waals surface area (Å²) < 4.78 is 4.71. The van der Waals surface area contributed by atoms with Gasteiger partial charge in [0.25, 0.3) is 0 Å². The van der Waals surface area contributed by atoms with E-state index in [9.17, 15) is 0 Å². The first kappa shape index (κ1) is 6.92. The fourth-order valence-electron chi connectivity index (χ4n) is 0.329. The third-order valence-electron chi connectivity index (χ3n) is 0.740. The molecule has 2 nitrogen and oxygen atoms in total. The van der Waals surface area contributed by atoms with E-state index >= 15 is 0 Å². The summed E-state index contributed by atoms with van der Waals surface area (Å²) in [5.41, 5.74) is 5.31. The molecule has 0 aromatic heterocycles. The number of hydrogen-bond acceptors (Lipinski definition) is 2. The van der Waals surface area contributed by atoms with Crippen LogP contribution in [0.15, 0.2) is 0 Å². The van der Waals surface area contributed by atoms with Crippen molar-refractivity contribution in [2.45, 2.75) is 19.6 Å². The molecule has 43 valence electrons. The van der Waals surface area contributed by atoms with E-state index in [-0.39, 0.29) is 6.23 Å². The molecular weight excluding hydrogens is 90.1 g/mol. The molecule has 1 unspecified atom stereocenters. The molecule has 7 heavy (non-hydrogen) atoms. The van der Waals surface area contributed by atoms with Gasteiger partial charge in [0, 0.05) is 13.5 Å². The third-order valence-corrected chi connectivity index (χ3v) is 0.740. The summed E-state index contributed by atoms with van der Waals surface area (Å²) in [5.74, 6) is 0. The van der Waals surface area contributed by atoms with E-state index in [1.807, 2.05) is 13.3 Å². The van der Waals surface area contributed by atoms with Crippen LogP contribution < -0.4 is 5.73 Å². The van der Waals surface area contributed by atoms with Crippen LogP contribution in [0, 0.1) is 6.42 Å². The van der Waals surface area contributed by atoms with Gasteiger partial charge in [-0.1, -0.05) is 6.92 Å². The zero-order chi connectivity index (χ0) is 5.70. The SMILES string of the molecule is CC[CH]C(N)OC. The predicted molar refractivity (Wildman–Crippen MR) is 29.6 cm³/mol. The van der Waals surface area contributed by atoms with Crippen LogP contribution in [0.3, 0.4) is 0 Å². The zero-order valence-electron chi connectivity index (χ0n) is 4.85. The average Bonchev–Trinajstić information content (AvgIpc) is 1.68. The second-order valence-electron chi connectivity index (χ2n) is 1.34. The minimum absolute atomic E-state index is 0.176. The standard InChI is InChI=1S/C5H12NO/c1-3-4-5(6)7-2/h4-5H,3,6H2,1-2H3. The van der Waals surface area contributed by atoms with Crippen LogP contribution in [-0.4, -0.2) is 13.3 Å². The molecule has 0 rings (SSSR count). The lowest BCUT2D eigenvalue weighted by molar-refractivity contribution is 0.132. The summed E-state index contributed by atoms with van der Waals surface area (Å²) >= 11 is 0. The Hall–Kier alpha value is -0.0800. The lowest BCUT2D eigenvalue weighted by atomic mass is 10.3. The van der Waals surface area contributed by atoms with Gasteiger partial charge in [-0.25, -0.2) is 0 Å². The molecule has 2 N–H and O–H groups in total. The second-order valence-corrected chi connectivity index (χ2v) is 1.34. The maximum absolute atomic E-state index is 5.31. The Balaban J connectivity index is 2.83. The van der Waals surface area contributed by atoms with Gasteiger partial charge >= 0.3 is 0 Å². The van der Waals surface area contributed by atoms with Crippen LogP contribution in [0.5, 0.6) is 0 Å². The van der Waals surface area contributed by atoms with Crippen LogP contribution in [0.1, 0.15) is 13.3 Å². The van der Waals surface area contributed by atoms with E-state index in [4.69, 9.17) is 10.5 Å². The molecule has 0 heterocycles. The van der Waals surface area contributed by atoms with Crippen LogP contribution in [0.25, 0.3) is 0 Å². The van der Waals surface area contributed by atoms with Crippen molar-refractivity contribution >= 4 is 0 Å². The van der Waals surface area contributed by atoms with Gasteiger partial charge in [-0.3, -0.25) is 0 Å². The topological polar surface area (TPSA) is 35.2 Å². The average molecular weight is 102 g/mol. The maximum atomic E-state index is 5.31. The van der Waals surface area contributed by atoms with Crippen LogP contribution in [-0.2, 0) is 4.74 Å². The number of rotatable bonds is 3. The zero-order valence-corrected chi connectivity index (χ0v) is 4.85. The highest BCUT2D eigenvalue weighted by atomic mass is 16.5. The van der Waals surface area contributed by atoms with Crippen molar-refractivity contribution in [1.29, 1.82) is 0 Å². The van der Waals surface area contributed by atoms with Crippen LogP contribution in [0.4, 0.5) is 0 Å². The first-order chi connectivity index (χ1) is 3.31. The molecule has 0 aliphatic heterocycles. The van der Waals surface area contributed by atoms with Crippen molar-refractivity contribution in [3.63, 3.8) is 0 Å². The Morgan fingerprint density at radius 3 is 2.57 bits per heavy atom. The molecule has 1 atom stereocenters. The van der Waals surface area contributed by atoms with Crippen molar-refractivity contribution in [2.24, 2.45) is 5.73 Å². The Labute approximate surface area is 44.7 Å². The summed E-state index contributed by atoms with van der Waals surface area (Å²) in [4.78, 5) is 0. The summed E-state index contributed by atoms with van der Waals surface area (Å²) in [6, 6.07) is 0. The number of hydrogen-bond donors (Lipinski definition) is 1. The number of methoxy groups -OCH3 is 1. The van der Waals surface area contributed by atoms with Gasteiger partial charge in [-0.05, 0) is 6.42 Å². The highest BCUT2D eigenvalue weighted by molar-refractivity contribution is 4.67. The Kier molecular flexibility index (Phi) is 4.04. The van der Waals surface area contributed by atoms with E-state index in [0.717, 1.165) is 6.42 Å². The van der Waals surface area contributed by atoms with Gasteiger partial charge in [0.1, 0.15) is 6.23 Å². The summed E-state index contributed by atoms with van der Waals surface area (Å²) in [6.45, 7) is 2.03. The van der Waals surface area contributed by atoms with E-state index in [1.54, 1.807) is 7.11 Å². The molecule has 0 aromatic carbocycles. The summed E-state index contributed by atoms with van der Waals surface area (Å²) in [6.07, 6.45) is 2.69. The fourth-order valence-corrected chi connectivity index (χ4v) is 0.329. The van der Waals surface area contributed by atoms with Crippen molar-refractivity contribution in [2.75, 3.05) is 7.11 Å². The first-order valence-electron chi connectivity index (χ1n) is 2.43. The summed E-state index contributed by atoms with van der Waals surface area (Å²) in [5, 5.41) is 0. The van der Waals surface area contributed by atoms with Crippen molar-refractivity contribution in [3.8, 4) is 0 Å². The molecule has 0 amide bonds. The second kappa shape index (κ2) is 4.09. The van der Waals surface area contributed by atoms with Crippen molar-refractivity contribution < 1.29 is 4.74 Å². The lowest BCUT2D eigenvalue weighted by Crippen LogP contribution is -2.21. The first-order valence-corrected chi connectivity index (χ1v) is 2.43. The highest BCUT2D eigenvalue weighted by Crippen LogP contribution is 1.89. The summed E-state index contributed by atoms with van der Waals surface area (Å²) in [7, 11) is 1.59. The molecule has 0 aliphatic carbocycles. The largest absolute Gasteiger partial charge is 0.367 e. The fraction of sp³-hybridized carbons (Fsp3) is 0.800. The minimum Gasteiger partial charge on any atom is -0.367 e. The third kappa shape index (κ3) is 3.76. The van der Waals surface area contributed by atoms with Crippen molar-refractivity contribution in [3.05, 3.63) is 6.42 Å². The molecule has 0 spiro atoms. The molecule has 2 heteroatoms. The number of ether oxygens (including phenoxy) is 1. The molecule has 0 aromatic rings. The maximum Gasteiger partial charge on any atom is 0.108 e. The van der Waals surface area contributed by atoms with Gasteiger partial charge in [-0.15, -0.1) is 0 Å². The molecule has 0 fully saturated rings. The van der Waals surface area contributed by atoms with E-state index in [2.05, 4.69) is 0 Å². The van der Waals surface area contributed by atoms with Gasteiger partial charge in [0.2, 0.25) is 0 Å². The smallest absolute Gasteiger partial charge is 0.108 e. The Bertz CT molecular complexity index is 39.1. The Morgan fingerprint density at radius 2 is 2.43 bits per heavy atom. The molecule has 0 saturated heterocycles. The highest BCUT2D eigenvalue weighted by Gasteiger charge is 1.93. The normalized spacial score (nSPS) is 14.1. The predicted octanol–water partition coefficient (Wildman–Crippen LogP) is 0.532. The van der Waals surface area contributed by atoms with Gasteiger partial charge in [0.15, 0.2) is 0 Å². The molecule has 1 radical (unpaired) electrons. The van der Waals surface area contributed by atoms with E-state index in [0.29, 0.717) is 0 Å². The van der Waals surface area contributed by atoms with Gasteiger partial charge in [0.05, 0.1) is 0 Å². The Morgan fingerprint density at radius 1 is 1.86 bits per heavy atom. The number of nitrogens with two attached hydrogens (primary N) is 1. The van der Waals surface area contributed by atoms with E-state index < -0.39 is 0 Å². The van der Waals surface area contributed by atoms with Crippen LogP contribution in [0.2, 0.25) is 0 Å². The lowest BCUT2D eigenvalue weighted by Gasteiger charge is -2.04. The van der Waals surface area contributed by atoms with Crippen molar-refractivity contribution in [1.82, 2.24) is 0 Å². The molecular formula is C5H12NO. The molecule has 0 bridgehead atoms. The molecule has 0 aliphatic rings. The van der Waals surface area contributed by atoms with Crippen LogP contribution >= 0.6 is 0 Å². The van der Waals surface area contributed by atoms with E-state index in [1.165, 1.54) is 0 Å².